The molecule has 8 atom stereocenters. The first-order chi connectivity index (χ1) is 18.2. The van der Waals surface area contributed by atoms with Gasteiger partial charge in [0.1, 0.15) is 6.10 Å². The zero-order valence-electron chi connectivity index (χ0n) is 21.8. The fourth-order valence-corrected chi connectivity index (χ4v) is 10.9. The molecular formula is C30H32N2O4S2. The van der Waals surface area contributed by atoms with Crippen LogP contribution in [0.25, 0.3) is 10.2 Å². The molecule has 2 heterocycles. The van der Waals surface area contributed by atoms with Gasteiger partial charge >= 0.3 is 0 Å². The highest BCUT2D eigenvalue weighted by Gasteiger charge is 2.74. The van der Waals surface area contributed by atoms with Crippen LogP contribution in [0, 0.1) is 28.6 Å². The van der Waals surface area contributed by atoms with Crippen molar-refractivity contribution in [3.63, 3.8) is 0 Å². The lowest BCUT2D eigenvalue weighted by Crippen LogP contribution is -2.62. The van der Waals surface area contributed by atoms with E-state index in [0.717, 1.165) is 39.4 Å². The number of benzene rings is 1. The number of carbonyl (C=O) groups excluding carboxylic acids is 2. The first-order valence-corrected chi connectivity index (χ1v) is 15.3. The van der Waals surface area contributed by atoms with E-state index in [-0.39, 0.29) is 46.6 Å². The predicted molar refractivity (Wildman–Crippen MR) is 149 cm³/mol. The second-order valence-corrected chi connectivity index (χ2v) is 14.4. The summed E-state index contributed by atoms with van der Waals surface area (Å²) in [6, 6.07) is 8.03. The van der Waals surface area contributed by atoms with Crippen molar-refractivity contribution in [3.05, 3.63) is 48.1 Å². The van der Waals surface area contributed by atoms with Gasteiger partial charge in [-0.2, -0.15) is 0 Å². The standard InChI is InChI=1S/C30H32N2O4S2/c1-16-32-30(24(35)15-37-27-31-21-6-4-5-7-23(21)38-27)25(36-16)13-20-19-9-8-17-12-18(33)10-11-28(17,2)26(19)22(34)14-29(20,30)3/h4-7,10-12,19-20,22,25-26,34H,8-9,13-15H2,1-3H3/t19?,20?,22-,25+,26?,28?,29?,30+/m0/s1. The minimum atomic E-state index is -0.993. The van der Waals surface area contributed by atoms with Crippen LogP contribution >= 0.6 is 23.1 Å². The number of thioether (sulfide) groups is 1. The van der Waals surface area contributed by atoms with Gasteiger partial charge in [0.05, 0.1) is 22.1 Å². The summed E-state index contributed by atoms with van der Waals surface area (Å²) in [5.41, 5.74) is 0.249. The molecule has 0 spiro atoms. The summed E-state index contributed by atoms with van der Waals surface area (Å²) < 4.78 is 8.28. The van der Waals surface area contributed by atoms with Gasteiger partial charge in [-0.25, -0.2) is 9.98 Å². The normalized spacial score (nSPS) is 41.1. The number of nitrogens with zero attached hydrogens (tertiary/aromatic N) is 2. The number of rotatable bonds is 4. The van der Waals surface area contributed by atoms with Crippen molar-refractivity contribution >= 4 is 50.8 Å². The van der Waals surface area contributed by atoms with E-state index in [9.17, 15) is 14.7 Å². The van der Waals surface area contributed by atoms with E-state index >= 15 is 0 Å². The molecule has 2 aromatic rings. The summed E-state index contributed by atoms with van der Waals surface area (Å²) >= 11 is 3.09. The Morgan fingerprint density at radius 3 is 2.92 bits per heavy atom. The van der Waals surface area contributed by atoms with Gasteiger partial charge < -0.3 is 9.84 Å². The van der Waals surface area contributed by atoms with Crippen LogP contribution in [-0.2, 0) is 14.3 Å². The number of aliphatic imine (C=N–C) groups is 1. The Balaban J connectivity index is 1.22. The minimum Gasteiger partial charge on any atom is -0.475 e. The average Bonchev–Trinajstić information content (AvgIpc) is 3.51. The third kappa shape index (κ3) is 3.23. The third-order valence-electron chi connectivity index (χ3n) is 10.4. The van der Waals surface area contributed by atoms with Crippen molar-refractivity contribution in [1.29, 1.82) is 0 Å². The lowest BCUT2D eigenvalue weighted by atomic mass is 9.46. The van der Waals surface area contributed by atoms with Gasteiger partial charge in [0, 0.05) is 23.7 Å². The van der Waals surface area contributed by atoms with Crippen molar-refractivity contribution in [1.82, 2.24) is 4.98 Å². The fourth-order valence-electron chi connectivity index (χ4n) is 8.84. The molecule has 8 heteroatoms. The molecule has 38 heavy (non-hydrogen) atoms. The number of carbonyl (C=O) groups is 2. The molecule has 0 bridgehead atoms. The number of thiazole rings is 1. The summed E-state index contributed by atoms with van der Waals surface area (Å²) in [6.45, 7) is 6.20. The van der Waals surface area contributed by atoms with E-state index in [0.29, 0.717) is 12.3 Å². The maximum atomic E-state index is 14.3. The number of hydrogen-bond donors (Lipinski definition) is 1. The molecule has 1 N–H and O–H groups in total. The average molecular weight is 549 g/mol. The molecule has 4 aliphatic carbocycles. The number of allylic oxidation sites excluding steroid dienone is 4. The molecule has 3 fully saturated rings. The Hall–Kier alpha value is -2.29. The number of aliphatic hydroxyl groups is 1. The molecule has 1 aromatic carbocycles. The lowest BCUT2D eigenvalue weighted by molar-refractivity contribution is -0.141. The summed E-state index contributed by atoms with van der Waals surface area (Å²) in [5.74, 6) is 1.41. The van der Waals surface area contributed by atoms with Crippen LogP contribution in [0.3, 0.4) is 0 Å². The fraction of sp³-hybridized carbons (Fsp3) is 0.533. The van der Waals surface area contributed by atoms with Crippen molar-refractivity contribution in [2.75, 3.05) is 5.75 Å². The van der Waals surface area contributed by atoms with Crippen LogP contribution in [-0.4, -0.2) is 51.1 Å². The van der Waals surface area contributed by atoms with E-state index < -0.39 is 17.1 Å². The molecule has 7 rings (SSSR count). The highest BCUT2D eigenvalue weighted by Crippen LogP contribution is 2.69. The quantitative estimate of drug-likeness (QED) is 0.515. The number of ketones is 2. The minimum absolute atomic E-state index is 0.0121. The first kappa shape index (κ1) is 24.7. The topological polar surface area (TPSA) is 88.9 Å². The maximum absolute atomic E-state index is 14.3. The number of fused-ring (bicyclic) bond motifs is 8. The zero-order chi connectivity index (χ0) is 26.4. The molecule has 5 unspecified atom stereocenters. The van der Waals surface area contributed by atoms with Crippen LogP contribution < -0.4 is 0 Å². The lowest BCUT2D eigenvalue weighted by Gasteiger charge is -2.59. The van der Waals surface area contributed by atoms with Crippen LogP contribution in [0.4, 0.5) is 0 Å². The van der Waals surface area contributed by atoms with Crippen molar-refractivity contribution in [2.45, 2.75) is 68.5 Å². The van der Waals surface area contributed by atoms with Crippen LogP contribution in [0.2, 0.25) is 0 Å². The molecule has 0 radical (unpaired) electrons. The summed E-state index contributed by atoms with van der Waals surface area (Å²) in [7, 11) is 0. The van der Waals surface area contributed by atoms with Gasteiger partial charge in [-0.3, -0.25) is 9.59 Å². The van der Waals surface area contributed by atoms with Gasteiger partial charge in [0.15, 0.2) is 27.3 Å². The van der Waals surface area contributed by atoms with E-state index in [1.54, 1.807) is 23.5 Å². The Labute approximate surface area is 230 Å². The van der Waals surface area contributed by atoms with Gasteiger partial charge in [-0.15, -0.1) is 11.3 Å². The number of Topliss-reactive ketones (excluding diaryl/α,β-unsaturated/α-hetero) is 1. The number of ether oxygens (including phenoxy) is 1. The molecular weight excluding hydrogens is 516 g/mol. The monoisotopic (exact) mass is 548 g/mol. The van der Waals surface area contributed by atoms with Gasteiger partial charge in [-0.05, 0) is 61.8 Å². The smallest absolute Gasteiger partial charge is 0.181 e. The molecule has 3 saturated carbocycles. The first-order valence-electron chi connectivity index (χ1n) is 13.5. The maximum Gasteiger partial charge on any atom is 0.181 e. The third-order valence-corrected chi connectivity index (χ3v) is 12.5. The van der Waals surface area contributed by atoms with Gasteiger partial charge in [0.25, 0.3) is 0 Å². The molecule has 1 aliphatic heterocycles. The Bertz CT molecular complexity index is 1430. The SMILES string of the molecule is CC1=N[C@]2(C(=O)CSc3nc4ccccc4s3)[C@@H](CC3C4CCC5=CC(=O)C=CC5(C)C4[C@@H](O)CC32C)O1. The predicted octanol–water partition coefficient (Wildman–Crippen LogP) is 5.40. The summed E-state index contributed by atoms with van der Waals surface area (Å²) in [4.78, 5) is 36.1. The van der Waals surface area contributed by atoms with Crippen molar-refractivity contribution in [2.24, 2.45) is 33.6 Å². The summed E-state index contributed by atoms with van der Waals surface area (Å²) in [5, 5.41) is 11.8. The highest BCUT2D eigenvalue weighted by molar-refractivity contribution is 8.01. The second kappa shape index (κ2) is 8.35. The second-order valence-electron chi connectivity index (χ2n) is 12.1. The van der Waals surface area contributed by atoms with Crippen LogP contribution in [0.15, 0.2) is 57.4 Å². The summed E-state index contributed by atoms with van der Waals surface area (Å²) in [6.07, 6.45) is 7.58. The van der Waals surface area contributed by atoms with Gasteiger partial charge in [0.2, 0.25) is 0 Å². The van der Waals surface area contributed by atoms with Crippen molar-refractivity contribution < 1.29 is 19.4 Å². The molecule has 5 aliphatic rings. The van der Waals surface area contributed by atoms with E-state index in [2.05, 4.69) is 19.9 Å². The largest absolute Gasteiger partial charge is 0.475 e. The highest BCUT2D eigenvalue weighted by atomic mass is 32.2. The van der Waals surface area contributed by atoms with E-state index in [1.807, 2.05) is 31.2 Å². The van der Waals surface area contributed by atoms with Crippen LogP contribution in [0.1, 0.15) is 46.5 Å². The molecule has 0 saturated heterocycles. The Kier molecular flexibility index (Phi) is 5.44. The number of aromatic nitrogens is 1. The number of aliphatic hydroxyl groups excluding tert-OH is 1. The Morgan fingerprint density at radius 1 is 1.29 bits per heavy atom. The van der Waals surface area contributed by atoms with E-state index in [1.165, 1.54) is 11.8 Å². The molecule has 198 valence electrons. The number of para-hydroxylation sites is 1. The number of hydrogen-bond acceptors (Lipinski definition) is 8. The van der Waals surface area contributed by atoms with Gasteiger partial charge in [-0.1, -0.05) is 49.4 Å². The molecule has 0 amide bonds. The Morgan fingerprint density at radius 2 is 2.11 bits per heavy atom. The molecule has 1 aromatic heterocycles. The van der Waals surface area contributed by atoms with E-state index in [4.69, 9.17) is 14.7 Å². The zero-order valence-corrected chi connectivity index (χ0v) is 23.5. The van der Waals surface area contributed by atoms with Crippen LogP contribution in [0.5, 0.6) is 0 Å². The molecule has 6 nitrogen and oxygen atoms in total. The van der Waals surface area contributed by atoms with Crippen molar-refractivity contribution in [3.8, 4) is 0 Å².